The molecule has 128 valence electrons. The molecule has 0 unspecified atom stereocenters. The van der Waals surface area contributed by atoms with Gasteiger partial charge in [-0.3, -0.25) is 8.42 Å². The number of carbonyl (C=O) groups excluding carboxylic acids is 1. The topological polar surface area (TPSA) is 64.0 Å². The maximum atomic E-state index is 12.6. The Morgan fingerprint density at radius 1 is 1.10 bits per heavy atom. The predicted molar refractivity (Wildman–Crippen MR) is 80.2 cm³/mol. The highest BCUT2D eigenvalue weighted by atomic mass is 32.3. The van der Waals surface area contributed by atoms with Crippen molar-refractivity contribution in [1.82, 2.24) is 0 Å². The number of rotatable bonds is 8. The van der Waals surface area contributed by atoms with Crippen molar-refractivity contribution in [2.45, 2.75) is 63.5 Å². The third-order valence-corrected chi connectivity index (χ3v) is 9.61. The molecule has 4 nitrogen and oxygen atoms in total. The Hall–Kier alpha value is -0.280. The maximum Gasteiger partial charge on any atom is 0.572 e. The summed E-state index contributed by atoms with van der Waals surface area (Å²) in [5.41, 5.74) is -5.43. The minimum Gasteiger partial charge on any atom is -0.299 e. The number of hydrogen-bond acceptors (Lipinski definition) is 3. The van der Waals surface area contributed by atoms with Gasteiger partial charge in [-0.1, -0.05) is 6.92 Å². The number of carbonyl (C=O) groups is 1. The number of Topliss-reactive ketones (excluding diaryl/α,β-unsaturated/α-hetero) is 1. The number of alkyl halides is 3. The van der Waals surface area contributed by atoms with E-state index in [1.54, 1.807) is 34.6 Å². The molecule has 0 aliphatic heterocycles. The Morgan fingerprint density at radius 2 is 1.52 bits per heavy atom. The molecule has 9 heteroatoms. The summed E-state index contributed by atoms with van der Waals surface area (Å²) in [6.45, 7) is 8.24. The van der Waals surface area contributed by atoms with E-state index >= 15 is 0 Å². The molecule has 0 heterocycles. The van der Waals surface area contributed by atoms with E-state index in [0.717, 1.165) is 0 Å². The lowest BCUT2D eigenvalue weighted by Gasteiger charge is -2.40. The standard InChI is InChI=1S/C12H23F3O4S2/c1-6-7-11(16)8-20(9(2)3,10(4)5)19-21(17,18)12(13,14)15/h9-10H,6-8H2,1-5H3/p+1. The highest BCUT2D eigenvalue weighted by Gasteiger charge is 2.57. The largest absolute Gasteiger partial charge is 0.572 e. The molecule has 21 heavy (non-hydrogen) atoms. The zero-order valence-electron chi connectivity index (χ0n) is 12.9. The minimum absolute atomic E-state index is 0.217. The van der Waals surface area contributed by atoms with Gasteiger partial charge in [0.1, 0.15) is 5.78 Å². The van der Waals surface area contributed by atoms with Crippen molar-refractivity contribution in [2.75, 3.05) is 5.75 Å². The van der Waals surface area contributed by atoms with Crippen molar-refractivity contribution in [3.8, 4) is 0 Å². The molecule has 0 aromatic rings. The second-order valence-corrected chi connectivity index (χ2v) is 11.1. The zero-order chi connectivity index (χ0) is 17.1. The first-order valence-corrected chi connectivity index (χ1v) is 9.98. The second kappa shape index (κ2) is 7.32. The molecule has 0 aromatic heterocycles. The van der Waals surface area contributed by atoms with E-state index < -0.39 is 36.4 Å². The molecule has 0 rings (SSSR count). The SMILES string of the molecule is CCCC(=O)CS([OH+]S(=O)(=O)C(F)(F)F)(C(C)C)C(C)C. The van der Waals surface area contributed by atoms with Gasteiger partial charge in [0.05, 0.1) is 5.75 Å². The quantitative estimate of drug-likeness (QED) is 0.378. The van der Waals surface area contributed by atoms with Crippen molar-refractivity contribution in [2.24, 2.45) is 0 Å². The summed E-state index contributed by atoms with van der Waals surface area (Å²) in [5, 5.41) is -0.870. The monoisotopic (exact) mass is 353 g/mol. The van der Waals surface area contributed by atoms with Gasteiger partial charge >= 0.3 is 15.6 Å². The molecule has 0 amide bonds. The summed E-state index contributed by atoms with van der Waals surface area (Å²) in [7, 11) is -8.22. The number of hydrogen-bond donors (Lipinski definition) is 0. The second-order valence-electron chi connectivity index (χ2n) is 5.34. The van der Waals surface area contributed by atoms with Gasteiger partial charge < -0.3 is 0 Å². The molecule has 0 bridgehead atoms. The van der Waals surface area contributed by atoms with Gasteiger partial charge in [0.15, 0.2) is 0 Å². The van der Waals surface area contributed by atoms with E-state index in [1.165, 1.54) is 0 Å². The molecule has 0 aliphatic rings. The minimum atomic E-state index is -5.60. The van der Waals surface area contributed by atoms with Gasteiger partial charge in [0.2, 0.25) is 0 Å². The van der Waals surface area contributed by atoms with E-state index in [9.17, 15) is 26.4 Å². The maximum absolute atomic E-state index is 12.6. The van der Waals surface area contributed by atoms with Crippen LogP contribution in [-0.4, -0.2) is 39.6 Å². The van der Waals surface area contributed by atoms with E-state index in [4.69, 9.17) is 0 Å². The van der Waals surface area contributed by atoms with Crippen LogP contribution < -0.4 is 0 Å². The summed E-state index contributed by atoms with van der Waals surface area (Å²) in [6.07, 6.45) is 0.784. The average Bonchev–Trinajstić information content (AvgIpc) is 2.25. The van der Waals surface area contributed by atoms with Gasteiger partial charge in [-0.25, -0.2) is 0 Å². The van der Waals surface area contributed by atoms with Crippen LogP contribution in [0, 0.1) is 0 Å². The van der Waals surface area contributed by atoms with E-state index in [1.807, 2.05) is 0 Å². The van der Waals surface area contributed by atoms with Gasteiger partial charge in [-0.05, 0) is 44.4 Å². The Balaban J connectivity index is 5.68. The molecule has 0 atom stereocenters. The molecule has 0 saturated carbocycles. The van der Waals surface area contributed by atoms with Crippen molar-refractivity contribution in [1.29, 1.82) is 0 Å². The van der Waals surface area contributed by atoms with Crippen LogP contribution in [0.2, 0.25) is 0 Å². The first-order chi connectivity index (χ1) is 9.30. The lowest BCUT2D eigenvalue weighted by molar-refractivity contribution is -0.116. The van der Waals surface area contributed by atoms with Crippen LogP contribution in [0.25, 0.3) is 0 Å². The van der Waals surface area contributed by atoms with Crippen molar-refractivity contribution < 1.29 is 30.0 Å². The number of halogens is 3. The summed E-state index contributed by atoms with van der Waals surface area (Å²) in [5.74, 6) is -0.457. The van der Waals surface area contributed by atoms with Crippen LogP contribution >= 0.6 is 10.3 Å². The Morgan fingerprint density at radius 3 is 1.81 bits per heavy atom. The van der Waals surface area contributed by atoms with Gasteiger partial charge in [-0.15, -0.1) is 8.42 Å². The van der Waals surface area contributed by atoms with Crippen LogP contribution in [0.15, 0.2) is 0 Å². The van der Waals surface area contributed by atoms with Crippen LogP contribution in [0.3, 0.4) is 0 Å². The van der Waals surface area contributed by atoms with Crippen LogP contribution in [0.1, 0.15) is 47.5 Å². The third-order valence-electron chi connectivity index (χ3n) is 3.08. The van der Waals surface area contributed by atoms with Gasteiger partial charge in [-0.2, -0.15) is 13.2 Å². The summed E-state index contributed by atoms with van der Waals surface area (Å²) >= 11 is 0. The van der Waals surface area contributed by atoms with Gasteiger partial charge in [0.25, 0.3) is 0 Å². The highest BCUT2D eigenvalue weighted by molar-refractivity contribution is 8.33. The third kappa shape index (κ3) is 5.14. The fourth-order valence-corrected chi connectivity index (χ4v) is 7.71. The molecule has 1 N–H and O–H groups in total. The first-order valence-electron chi connectivity index (χ1n) is 6.66. The molecular weight excluding hydrogens is 329 g/mol. The number of ketones is 1. The molecule has 0 spiro atoms. The summed E-state index contributed by atoms with van der Waals surface area (Å²) in [4.78, 5) is 11.9. The van der Waals surface area contributed by atoms with Crippen molar-refractivity contribution in [3.63, 3.8) is 0 Å². The van der Waals surface area contributed by atoms with Crippen LogP contribution in [0.5, 0.6) is 0 Å². The van der Waals surface area contributed by atoms with Crippen LogP contribution in [0.4, 0.5) is 13.2 Å². The van der Waals surface area contributed by atoms with Gasteiger partial charge in [0, 0.05) is 16.9 Å². The van der Waals surface area contributed by atoms with E-state index in [0.29, 0.717) is 6.42 Å². The Labute approximate surface area is 126 Å². The summed E-state index contributed by atoms with van der Waals surface area (Å²) < 4.78 is 64.0. The highest BCUT2D eigenvalue weighted by Crippen LogP contribution is 2.58. The molecule has 0 aromatic carbocycles. The molecule has 0 fully saturated rings. The molecule has 0 radical (unpaired) electrons. The van der Waals surface area contributed by atoms with Crippen molar-refractivity contribution >= 4 is 26.2 Å². The average molecular weight is 353 g/mol. The van der Waals surface area contributed by atoms with Crippen molar-refractivity contribution in [3.05, 3.63) is 0 Å². The lowest BCUT2D eigenvalue weighted by atomic mass is 10.3. The smallest absolute Gasteiger partial charge is 0.299 e. The molecular formula is C12H24F3O4S2+. The molecule has 0 aliphatic carbocycles. The Bertz CT molecular complexity index is 448. The van der Waals surface area contributed by atoms with E-state index in [2.05, 4.69) is 3.63 Å². The zero-order valence-corrected chi connectivity index (χ0v) is 14.5. The van der Waals surface area contributed by atoms with E-state index in [-0.39, 0.29) is 18.0 Å². The first kappa shape index (κ1) is 20.7. The predicted octanol–water partition coefficient (Wildman–Crippen LogP) is 3.84. The normalized spacial score (nSPS) is 14.8. The fraction of sp³-hybridized carbons (Fsp3) is 0.917. The van der Waals surface area contributed by atoms with Crippen LogP contribution in [-0.2, 0) is 14.9 Å². The lowest BCUT2D eigenvalue weighted by Crippen LogP contribution is -2.38. The fourth-order valence-electron chi connectivity index (χ4n) is 1.91. The molecule has 0 saturated heterocycles. The summed E-state index contributed by atoms with van der Waals surface area (Å²) in [6, 6.07) is 0. The Kier molecular flexibility index (Phi) is 7.23.